The van der Waals surface area contributed by atoms with Crippen LogP contribution in [0.4, 0.5) is 4.39 Å². The molecule has 0 amide bonds. The molecule has 114 valence electrons. The average molecular weight is 290 g/mol. The van der Waals surface area contributed by atoms with Gasteiger partial charge in [0.1, 0.15) is 17.3 Å². The van der Waals surface area contributed by atoms with E-state index in [0.29, 0.717) is 5.56 Å². The van der Waals surface area contributed by atoms with Crippen LogP contribution in [0.25, 0.3) is 0 Å². The first-order chi connectivity index (χ1) is 9.95. The molecule has 1 heterocycles. The van der Waals surface area contributed by atoms with Gasteiger partial charge in [0.15, 0.2) is 0 Å². The van der Waals surface area contributed by atoms with Crippen LogP contribution >= 0.6 is 0 Å². The second-order valence-corrected chi connectivity index (χ2v) is 5.65. The number of hydrogen-bond donors (Lipinski definition) is 1. The fourth-order valence-corrected chi connectivity index (χ4v) is 2.28. The number of benzene rings is 1. The van der Waals surface area contributed by atoms with Gasteiger partial charge in [0, 0.05) is 12.6 Å². The molecule has 0 saturated carbocycles. The van der Waals surface area contributed by atoms with E-state index in [-0.39, 0.29) is 11.9 Å². The second-order valence-electron chi connectivity index (χ2n) is 5.65. The summed E-state index contributed by atoms with van der Waals surface area (Å²) >= 11 is 0. The van der Waals surface area contributed by atoms with E-state index in [1.165, 1.54) is 6.07 Å². The Morgan fingerprint density at radius 2 is 2.00 bits per heavy atom. The summed E-state index contributed by atoms with van der Waals surface area (Å²) in [7, 11) is 2.03. The van der Waals surface area contributed by atoms with E-state index in [1.54, 1.807) is 13.0 Å². The Hall–Kier alpha value is -1.65. The van der Waals surface area contributed by atoms with Crippen LogP contribution in [0.15, 0.2) is 34.7 Å². The van der Waals surface area contributed by atoms with E-state index in [0.717, 1.165) is 36.6 Å². The predicted octanol–water partition coefficient (Wildman–Crippen LogP) is 3.56. The third-order valence-electron chi connectivity index (χ3n) is 3.67. The third kappa shape index (κ3) is 4.41. The zero-order chi connectivity index (χ0) is 15.4. The standard InChI is InChI=1S/C17H23FN2O/c1-12-4-6-14(10-16(12)18)17(19)8-9-20(3)11-15-7-5-13(2)21-15/h4-7,10,17H,8-9,11,19H2,1-3H3. The van der Waals surface area contributed by atoms with E-state index in [9.17, 15) is 4.39 Å². The van der Waals surface area contributed by atoms with Crippen molar-refractivity contribution in [2.24, 2.45) is 5.73 Å². The molecule has 0 fully saturated rings. The molecule has 0 saturated heterocycles. The first kappa shape index (κ1) is 15.7. The Kier molecular flexibility index (Phi) is 5.15. The number of halogens is 1. The molecule has 1 aromatic carbocycles. The van der Waals surface area contributed by atoms with Gasteiger partial charge in [-0.05, 0) is 56.6 Å². The summed E-state index contributed by atoms with van der Waals surface area (Å²) in [5.74, 6) is 1.68. The van der Waals surface area contributed by atoms with Gasteiger partial charge in [-0.3, -0.25) is 4.90 Å². The van der Waals surface area contributed by atoms with E-state index in [4.69, 9.17) is 10.2 Å². The van der Waals surface area contributed by atoms with Crippen molar-refractivity contribution in [2.45, 2.75) is 32.9 Å². The van der Waals surface area contributed by atoms with Crippen LogP contribution in [0.3, 0.4) is 0 Å². The molecule has 0 radical (unpaired) electrons. The van der Waals surface area contributed by atoms with E-state index < -0.39 is 0 Å². The van der Waals surface area contributed by atoms with Gasteiger partial charge in [-0.15, -0.1) is 0 Å². The Bertz CT molecular complexity index is 594. The Labute approximate surface area is 125 Å². The molecule has 21 heavy (non-hydrogen) atoms. The first-order valence-electron chi connectivity index (χ1n) is 7.21. The molecule has 0 aliphatic rings. The average Bonchev–Trinajstić information content (AvgIpc) is 2.84. The van der Waals surface area contributed by atoms with E-state index in [1.807, 2.05) is 32.2 Å². The van der Waals surface area contributed by atoms with Crippen LogP contribution in [-0.2, 0) is 6.54 Å². The highest BCUT2D eigenvalue weighted by Crippen LogP contribution is 2.18. The van der Waals surface area contributed by atoms with E-state index in [2.05, 4.69) is 4.90 Å². The molecular weight excluding hydrogens is 267 g/mol. The topological polar surface area (TPSA) is 42.4 Å². The predicted molar refractivity (Wildman–Crippen MR) is 82.5 cm³/mol. The van der Waals surface area contributed by atoms with Crippen molar-refractivity contribution in [3.05, 3.63) is 58.8 Å². The maximum Gasteiger partial charge on any atom is 0.126 e. The third-order valence-corrected chi connectivity index (χ3v) is 3.67. The van der Waals surface area contributed by atoms with Crippen LogP contribution in [0.5, 0.6) is 0 Å². The lowest BCUT2D eigenvalue weighted by molar-refractivity contribution is 0.281. The van der Waals surface area contributed by atoms with Gasteiger partial charge < -0.3 is 10.2 Å². The number of rotatable bonds is 6. The van der Waals surface area contributed by atoms with Gasteiger partial charge in [-0.1, -0.05) is 12.1 Å². The van der Waals surface area contributed by atoms with Gasteiger partial charge in [0.2, 0.25) is 0 Å². The van der Waals surface area contributed by atoms with Gasteiger partial charge in [-0.25, -0.2) is 4.39 Å². The van der Waals surface area contributed by atoms with Crippen LogP contribution in [0.2, 0.25) is 0 Å². The summed E-state index contributed by atoms with van der Waals surface area (Å²) in [6.07, 6.45) is 0.776. The number of nitrogens with two attached hydrogens (primary N) is 1. The summed E-state index contributed by atoms with van der Waals surface area (Å²) in [5.41, 5.74) is 7.64. The summed E-state index contributed by atoms with van der Waals surface area (Å²) < 4.78 is 19.1. The SMILES string of the molecule is Cc1ccc(CN(C)CCC(N)c2ccc(C)c(F)c2)o1. The van der Waals surface area contributed by atoms with Crippen molar-refractivity contribution >= 4 is 0 Å². The highest BCUT2D eigenvalue weighted by molar-refractivity contribution is 5.25. The molecule has 4 heteroatoms. The van der Waals surface area contributed by atoms with Crippen LogP contribution in [-0.4, -0.2) is 18.5 Å². The van der Waals surface area contributed by atoms with Crippen LogP contribution < -0.4 is 5.73 Å². The minimum Gasteiger partial charge on any atom is -0.465 e. The fraction of sp³-hybridized carbons (Fsp3) is 0.412. The summed E-state index contributed by atoms with van der Waals surface area (Å²) in [4.78, 5) is 2.16. The summed E-state index contributed by atoms with van der Waals surface area (Å²) in [6.45, 7) is 5.27. The Balaban J connectivity index is 1.85. The molecular formula is C17H23FN2O. The molecule has 2 N–H and O–H groups in total. The molecule has 3 nitrogen and oxygen atoms in total. The zero-order valence-electron chi connectivity index (χ0n) is 12.9. The number of aryl methyl sites for hydroxylation is 2. The quantitative estimate of drug-likeness (QED) is 0.884. The first-order valence-corrected chi connectivity index (χ1v) is 7.21. The van der Waals surface area contributed by atoms with Gasteiger partial charge in [0.05, 0.1) is 6.54 Å². The van der Waals surface area contributed by atoms with Gasteiger partial charge in [0.25, 0.3) is 0 Å². The lowest BCUT2D eigenvalue weighted by Gasteiger charge is -2.19. The molecule has 1 atom stereocenters. The molecule has 0 spiro atoms. The maximum absolute atomic E-state index is 13.5. The lowest BCUT2D eigenvalue weighted by atomic mass is 10.0. The number of nitrogens with zero attached hydrogens (tertiary/aromatic N) is 1. The van der Waals surface area contributed by atoms with Crippen molar-refractivity contribution in [3.63, 3.8) is 0 Å². The second kappa shape index (κ2) is 6.87. The maximum atomic E-state index is 13.5. The minimum atomic E-state index is -0.192. The normalized spacial score (nSPS) is 12.9. The van der Waals surface area contributed by atoms with Crippen molar-refractivity contribution in [3.8, 4) is 0 Å². The van der Waals surface area contributed by atoms with Crippen molar-refractivity contribution in [1.29, 1.82) is 0 Å². The highest BCUT2D eigenvalue weighted by Gasteiger charge is 2.10. The minimum absolute atomic E-state index is 0.152. The number of furan rings is 1. The molecule has 0 bridgehead atoms. The van der Waals surface area contributed by atoms with E-state index >= 15 is 0 Å². The number of hydrogen-bond acceptors (Lipinski definition) is 3. The van der Waals surface area contributed by atoms with Crippen LogP contribution in [0.1, 0.15) is 35.1 Å². The Morgan fingerprint density at radius 1 is 1.24 bits per heavy atom. The molecule has 0 aliphatic heterocycles. The summed E-state index contributed by atoms with van der Waals surface area (Å²) in [5, 5.41) is 0. The smallest absolute Gasteiger partial charge is 0.126 e. The van der Waals surface area contributed by atoms with Crippen LogP contribution in [0, 0.1) is 19.7 Å². The molecule has 2 aromatic rings. The van der Waals surface area contributed by atoms with Gasteiger partial charge in [-0.2, -0.15) is 0 Å². The fourth-order valence-electron chi connectivity index (χ4n) is 2.28. The molecule has 1 unspecified atom stereocenters. The largest absolute Gasteiger partial charge is 0.465 e. The zero-order valence-corrected chi connectivity index (χ0v) is 12.9. The van der Waals surface area contributed by atoms with Crippen molar-refractivity contribution < 1.29 is 8.81 Å². The molecule has 2 rings (SSSR count). The summed E-state index contributed by atoms with van der Waals surface area (Å²) in [6, 6.07) is 9.01. The van der Waals surface area contributed by atoms with Crippen molar-refractivity contribution in [1.82, 2.24) is 4.90 Å². The monoisotopic (exact) mass is 290 g/mol. The highest BCUT2D eigenvalue weighted by atomic mass is 19.1. The Morgan fingerprint density at radius 3 is 2.62 bits per heavy atom. The molecule has 0 aliphatic carbocycles. The van der Waals surface area contributed by atoms with Crippen molar-refractivity contribution in [2.75, 3.05) is 13.6 Å². The lowest BCUT2D eigenvalue weighted by Crippen LogP contribution is -2.23. The molecule has 1 aromatic heterocycles. The van der Waals surface area contributed by atoms with Gasteiger partial charge >= 0.3 is 0 Å².